The summed E-state index contributed by atoms with van der Waals surface area (Å²) >= 11 is 0. The molecule has 1 aliphatic heterocycles. The number of fused-ring (bicyclic) bond motifs is 1. The standard InChI is InChI=1S/C32H39N3O7S/c1-6-27(31(37)33-32(2,3)4)34(21-23-11-10-12-25(19-23)40-5)30(36)22-35(43(38,39)26-13-8-7-9-14-26)24-15-16-28-29(20-24)42-18-17-41-28/h7-16,19-20,27H,6,17-18,21-22H2,1-5H3,(H,33,37)/t27-/m0/s1. The SMILES string of the molecule is CC[C@@H](C(=O)NC(C)(C)C)N(Cc1cccc(OC)c1)C(=O)CN(c1ccc2c(c1)OCCO2)S(=O)(=O)c1ccccc1. The lowest BCUT2D eigenvalue weighted by Gasteiger charge is -2.35. The molecule has 0 aromatic heterocycles. The minimum Gasteiger partial charge on any atom is -0.497 e. The van der Waals surface area contributed by atoms with Crippen LogP contribution in [0.1, 0.15) is 39.7 Å². The van der Waals surface area contributed by atoms with Gasteiger partial charge in [0.1, 0.15) is 31.5 Å². The molecule has 2 amide bonds. The van der Waals surface area contributed by atoms with Crippen LogP contribution in [-0.4, -0.2) is 63.6 Å². The van der Waals surface area contributed by atoms with Gasteiger partial charge >= 0.3 is 0 Å². The molecule has 1 N–H and O–H groups in total. The molecule has 11 heteroatoms. The van der Waals surface area contributed by atoms with Crippen LogP contribution < -0.4 is 23.8 Å². The first-order chi connectivity index (χ1) is 20.4. The van der Waals surface area contributed by atoms with E-state index in [0.29, 0.717) is 36.9 Å². The molecule has 1 aliphatic rings. The predicted octanol–water partition coefficient (Wildman–Crippen LogP) is 4.38. The first kappa shape index (κ1) is 31.7. The molecule has 0 radical (unpaired) electrons. The number of ether oxygens (including phenoxy) is 3. The molecule has 0 fully saturated rings. The zero-order valence-corrected chi connectivity index (χ0v) is 26.0. The Morgan fingerprint density at radius 2 is 1.65 bits per heavy atom. The van der Waals surface area contributed by atoms with Gasteiger partial charge in [0.15, 0.2) is 11.5 Å². The Balaban J connectivity index is 1.77. The second-order valence-electron chi connectivity index (χ2n) is 11.2. The fraction of sp³-hybridized carbons (Fsp3) is 0.375. The highest BCUT2D eigenvalue weighted by atomic mass is 32.2. The van der Waals surface area contributed by atoms with Gasteiger partial charge in [-0.1, -0.05) is 37.3 Å². The van der Waals surface area contributed by atoms with Gasteiger partial charge in [0, 0.05) is 18.2 Å². The second-order valence-corrected chi connectivity index (χ2v) is 13.1. The number of carbonyl (C=O) groups is 2. The predicted molar refractivity (Wildman–Crippen MR) is 164 cm³/mol. The number of hydrogen-bond acceptors (Lipinski definition) is 7. The van der Waals surface area contributed by atoms with E-state index in [-0.39, 0.29) is 23.0 Å². The van der Waals surface area contributed by atoms with Crippen LogP contribution in [-0.2, 0) is 26.2 Å². The molecule has 10 nitrogen and oxygen atoms in total. The third-order valence-electron chi connectivity index (χ3n) is 6.79. The minimum absolute atomic E-state index is 0.0227. The molecule has 0 bridgehead atoms. The number of rotatable bonds is 11. The Hall–Kier alpha value is -4.25. The molecule has 0 spiro atoms. The average molecular weight is 610 g/mol. The molecular formula is C32H39N3O7S. The maximum absolute atomic E-state index is 14.3. The summed E-state index contributed by atoms with van der Waals surface area (Å²) in [6.45, 7) is 7.61. The van der Waals surface area contributed by atoms with Crippen molar-refractivity contribution in [2.24, 2.45) is 0 Å². The summed E-state index contributed by atoms with van der Waals surface area (Å²) in [4.78, 5) is 29.2. The van der Waals surface area contributed by atoms with Gasteiger partial charge in [-0.3, -0.25) is 13.9 Å². The van der Waals surface area contributed by atoms with E-state index in [1.807, 2.05) is 33.8 Å². The van der Waals surface area contributed by atoms with Crippen molar-refractivity contribution in [1.29, 1.82) is 0 Å². The molecule has 0 unspecified atom stereocenters. The first-order valence-electron chi connectivity index (χ1n) is 14.1. The number of methoxy groups -OCH3 is 1. The number of hydrogen-bond donors (Lipinski definition) is 1. The van der Waals surface area contributed by atoms with Gasteiger partial charge < -0.3 is 24.4 Å². The van der Waals surface area contributed by atoms with E-state index in [2.05, 4.69) is 5.32 Å². The number of anilines is 1. The second kappa shape index (κ2) is 13.4. The third-order valence-corrected chi connectivity index (χ3v) is 8.58. The monoisotopic (exact) mass is 609 g/mol. The van der Waals surface area contributed by atoms with Crippen molar-refractivity contribution >= 4 is 27.5 Å². The zero-order chi connectivity index (χ0) is 31.2. The summed E-state index contributed by atoms with van der Waals surface area (Å²) in [6, 6.07) is 19.0. The van der Waals surface area contributed by atoms with Crippen molar-refractivity contribution in [2.75, 3.05) is 31.2 Å². The Kier molecular flexibility index (Phi) is 9.85. The number of carbonyl (C=O) groups excluding carboxylic acids is 2. The number of nitrogens with zero attached hydrogens (tertiary/aromatic N) is 2. The third kappa shape index (κ3) is 7.78. The van der Waals surface area contributed by atoms with E-state index in [9.17, 15) is 18.0 Å². The van der Waals surface area contributed by atoms with Crippen molar-refractivity contribution in [2.45, 2.75) is 57.1 Å². The van der Waals surface area contributed by atoms with Gasteiger partial charge in [0.2, 0.25) is 11.8 Å². The summed E-state index contributed by atoms with van der Waals surface area (Å²) in [7, 11) is -2.66. The molecule has 3 aromatic rings. The van der Waals surface area contributed by atoms with Crippen LogP contribution in [0.25, 0.3) is 0 Å². The van der Waals surface area contributed by atoms with Gasteiger partial charge in [-0.25, -0.2) is 8.42 Å². The summed E-state index contributed by atoms with van der Waals surface area (Å²) in [5, 5.41) is 2.97. The molecule has 0 aliphatic carbocycles. The number of amides is 2. The molecule has 43 heavy (non-hydrogen) atoms. The maximum Gasteiger partial charge on any atom is 0.264 e. The molecule has 1 atom stereocenters. The van der Waals surface area contributed by atoms with Crippen molar-refractivity contribution in [3.05, 3.63) is 78.4 Å². The van der Waals surface area contributed by atoms with E-state index in [0.717, 1.165) is 9.87 Å². The Morgan fingerprint density at radius 1 is 0.953 bits per heavy atom. The van der Waals surface area contributed by atoms with Crippen LogP contribution in [0.4, 0.5) is 5.69 Å². The topological polar surface area (TPSA) is 114 Å². The highest BCUT2D eigenvalue weighted by molar-refractivity contribution is 7.92. The molecule has 4 rings (SSSR count). The molecule has 0 saturated heterocycles. The number of sulfonamides is 1. The molecule has 1 heterocycles. The van der Waals surface area contributed by atoms with Crippen molar-refractivity contribution in [3.63, 3.8) is 0 Å². The lowest BCUT2D eigenvalue weighted by Crippen LogP contribution is -2.55. The van der Waals surface area contributed by atoms with Crippen LogP contribution in [0, 0.1) is 0 Å². The summed E-state index contributed by atoms with van der Waals surface area (Å²) in [5.41, 5.74) is 0.421. The fourth-order valence-electron chi connectivity index (χ4n) is 4.78. The Bertz CT molecular complexity index is 1540. The maximum atomic E-state index is 14.3. The van der Waals surface area contributed by atoms with E-state index in [1.54, 1.807) is 61.7 Å². The van der Waals surface area contributed by atoms with E-state index >= 15 is 0 Å². The number of nitrogens with one attached hydrogen (secondary N) is 1. The van der Waals surface area contributed by atoms with Gasteiger partial charge in [-0.2, -0.15) is 0 Å². The minimum atomic E-state index is -4.21. The smallest absolute Gasteiger partial charge is 0.264 e. The van der Waals surface area contributed by atoms with Crippen LogP contribution in [0.3, 0.4) is 0 Å². The van der Waals surface area contributed by atoms with Gasteiger partial charge in [0.05, 0.1) is 17.7 Å². The van der Waals surface area contributed by atoms with Crippen LogP contribution in [0.5, 0.6) is 17.2 Å². The van der Waals surface area contributed by atoms with Crippen LogP contribution in [0.2, 0.25) is 0 Å². The van der Waals surface area contributed by atoms with Gasteiger partial charge in [-0.05, 0) is 69.2 Å². The summed E-state index contributed by atoms with van der Waals surface area (Å²) < 4.78 is 45.9. The normalized spacial score (nSPS) is 13.5. The highest BCUT2D eigenvalue weighted by Crippen LogP contribution is 2.36. The molecular weight excluding hydrogens is 570 g/mol. The largest absolute Gasteiger partial charge is 0.497 e. The van der Waals surface area contributed by atoms with Crippen LogP contribution >= 0.6 is 0 Å². The van der Waals surface area contributed by atoms with Crippen LogP contribution in [0.15, 0.2) is 77.7 Å². The van der Waals surface area contributed by atoms with Crippen molar-refractivity contribution in [3.8, 4) is 17.2 Å². The van der Waals surface area contributed by atoms with E-state index < -0.39 is 34.1 Å². The van der Waals surface area contributed by atoms with E-state index in [4.69, 9.17) is 14.2 Å². The summed E-state index contributed by atoms with van der Waals surface area (Å²) in [6.07, 6.45) is 0.313. The molecule has 230 valence electrons. The Morgan fingerprint density at radius 3 is 2.30 bits per heavy atom. The van der Waals surface area contributed by atoms with E-state index in [1.165, 1.54) is 17.0 Å². The first-order valence-corrected chi connectivity index (χ1v) is 15.6. The average Bonchev–Trinajstić information content (AvgIpc) is 2.99. The highest BCUT2D eigenvalue weighted by Gasteiger charge is 2.35. The summed E-state index contributed by atoms with van der Waals surface area (Å²) in [5.74, 6) is 0.592. The van der Waals surface area contributed by atoms with Crippen molar-refractivity contribution in [1.82, 2.24) is 10.2 Å². The molecule has 0 saturated carbocycles. The van der Waals surface area contributed by atoms with Gasteiger partial charge in [0.25, 0.3) is 10.0 Å². The lowest BCUT2D eigenvalue weighted by atomic mass is 10.1. The van der Waals surface area contributed by atoms with Gasteiger partial charge in [-0.15, -0.1) is 0 Å². The molecule has 3 aromatic carbocycles. The zero-order valence-electron chi connectivity index (χ0n) is 25.2. The lowest BCUT2D eigenvalue weighted by molar-refractivity contribution is -0.141. The fourth-order valence-corrected chi connectivity index (χ4v) is 6.20. The quantitative estimate of drug-likeness (QED) is 0.343. The number of benzene rings is 3. The Labute approximate surface area is 253 Å². The van der Waals surface area contributed by atoms with Crippen molar-refractivity contribution < 1.29 is 32.2 Å².